The molecular weight excluding hydrogens is 162 g/mol. The lowest BCUT2D eigenvalue weighted by Crippen LogP contribution is -2.09. The Morgan fingerprint density at radius 2 is 1.92 bits per heavy atom. The molecule has 0 spiro atoms. The molecule has 0 unspecified atom stereocenters. The van der Waals surface area contributed by atoms with E-state index in [1.54, 1.807) is 0 Å². The van der Waals surface area contributed by atoms with Crippen molar-refractivity contribution in [3.05, 3.63) is 12.2 Å². The van der Waals surface area contributed by atoms with Gasteiger partial charge in [0.15, 0.2) is 0 Å². The molecule has 3 nitrogen and oxygen atoms in total. The molecule has 0 aliphatic rings. The summed E-state index contributed by atoms with van der Waals surface area (Å²) in [7, 11) is 0. The Bertz CT molecular complexity index is 226. The molecule has 0 bridgehead atoms. The highest BCUT2D eigenvalue weighted by Gasteiger charge is 2.07. The van der Waals surface area contributed by atoms with Crippen molar-refractivity contribution in [2.24, 2.45) is 11.8 Å². The predicted molar refractivity (Wildman–Crippen MR) is 53.4 cm³/mol. The van der Waals surface area contributed by atoms with Crippen LogP contribution in [0.1, 0.15) is 33.5 Å². The van der Waals surface area contributed by atoms with Crippen molar-refractivity contribution in [1.29, 1.82) is 0 Å². The van der Waals surface area contributed by atoms with Crippen LogP contribution in [0.25, 0.3) is 0 Å². The van der Waals surface area contributed by atoms with Crippen LogP contribution in [-0.4, -0.2) is 14.8 Å². The Morgan fingerprint density at radius 1 is 1.23 bits per heavy atom. The van der Waals surface area contributed by atoms with Crippen LogP contribution in [0.15, 0.2) is 6.33 Å². The van der Waals surface area contributed by atoms with Gasteiger partial charge in [0.1, 0.15) is 12.2 Å². The van der Waals surface area contributed by atoms with E-state index in [0.717, 1.165) is 18.8 Å². The van der Waals surface area contributed by atoms with Crippen LogP contribution in [0.4, 0.5) is 0 Å². The van der Waals surface area contributed by atoms with Gasteiger partial charge in [-0.25, -0.2) is 0 Å². The Morgan fingerprint density at radius 3 is 2.46 bits per heavy atom. The highest BCUT2D eigenvalue weighted by Crippen LogP contribution is 2.07. The highest BCUT2D eigenvalue weighted by molar-refractivity contribution is 4.87. The number of rotatable bonds is 4. The summed E-state index contributed by atoms with van der Waals surface area (Å²) < 4.78 is 2.16. The summed E-state index contributed by atoms with van der Waals surface area (Å²) in [6.07, 6.45) is 2.85. The third-order valence-electron chi connectivity index (χ3n) is 1.85. The zero-order chi connectivity index (χ0) is 9.84. The van der Waals surface area contributed by atoms with Gasteiger partial charge in [0.25, 0.3) is 0 Å². The summed E-state index contributed by atoms with van der Waals surface area (Å²) in [5.41, 5.74) is 0. The van der Waals surface area contributed by atoms with Crippen molar-refractivity contribution in [1.82, 2.24) is 14.8 Å². The van der Waals surface area contributed by atoms with Crippen molar-refractivity contribution in [2.45, 2.75) is 40.7 Å². The molecule has 1 heterocycles. The van der Waals surface area contributed by atoms with Crippen LogP contribution in [0, 0.1) is 11.8 Å². The molecule has 0 fully saturated rings. The first kappa shape index (κ1) is 10.2. The molecular formula is C10H19N3. The van der Waals surface area contributed by atoms with Crippen molar-refractivity contribution >= 4 is 0 Å². The molecule has 0 radical (unpaired) electrons. The zero-order valence-corrected chi connectivity index (χ0v) is 8.99. The van der Waals surface area contributed by atoms with Gasteiger partial charge < -0.3 is 4.57 Å². The SMILES string of the molecule is CC(C)Cc1nncn1CC(C)C. The molecule has 0 aliphatic heterocycles. The maximum Gasteiger partial charge on any atom is 0.133 e. The second kappa shape index (κ2) is 4.40. The van der Waals surface area contributed by atoms with E-state index < -0.39 is 0 Å². The topological polar surface area (TPSA) is 30.7 Å². The quantitative estimate of drug-likeness (QED) is 0.712. The van der Waals surface area contributed by atoms with Crippen molar-refractivity contribution < 1.29 is 0 Å². The summed E-state index contributed by atoms with van der Waals surface area (Å²) in [6, 6.07) is 0. The standard InChI is InChI=1S/C10H19N3/c1-8(2)5-10-12-11-7-13(10)6-9(3)4/h7-9H,5-6H2,1-4H3. The molecule has 0 aromatic carbocycles. The molecule has 1 aromatic heterocycles. The van der Waals surface area contributed by atoms with E-state index in [-0.39, 0.29) is 0 Å². The highest BCUT2D eigenvalue weighted by atomic mass is 15.3. The Hall–Kier alpha value is -0.860. The maximum absolute atomic E-state index is 4.12. The molecule has 0 atom stereocenters. The average Bonchev–Trinajstić information content (AvgIpc) is 2.34. The van der Waals surface area contributed by atoms with Crippen LogP contribution >= 0.6 is 0 Å². The van der Waals surface area contributed by atoms with Crippen LogP contribution in [0.5, 0.6) is 0 Å². The van der Waals surface area contributed by atoms with E-state index in [4.69, 9.17) is 0 Å². The maximum atomic E-state index is 4.12. The number of nitrogens with zero attached hydrogens (tertiary/aromatic N) is 3. The minimum Gasteiger partial charge on any atom is -0.317 e. The van der Waals surface area contributed by atoms with Gasteiger partial charge in [-0.1, -0.05) is 27.7 Å². The first-order valence-electron chi connectivity index (χ1n) is 4.96. The second-order valence-electron chi connectivity index (χ2n) is 4.39. The zero-order valence-electron chi connectivity index (χ0n) is 8.99. The lowest BCUT2D eigenvalue weighted by molar-refractivity contribution is 0.490. The molecule has 0 aliphatic carbocycles. The Balaban J connectivity index is 2.65. The monoisotopic (exact) mass is 181 g/mol. The van der Waals surface area contributed by atoms with Gasteiger partial charge in [-0.2, -0.15) is 0 Å². The number of hydrogen-bond donors (Lipinski definition) is 0. The minimum absolute atomic E-state index is 0.648. The lowest BCUT2D eigenvalue weighted by atomic mass is 10.1. The largest absolute Gasteiger partial charge is 0.317 e. The normalized spacial score (nSPS) is 11.5. The van der Waals surface area contributed by atoms with Crippen LogP contribution in [0.2, 0.25) is 0 Å². The third kappa shape index (κ3) is 3.17. The molecule has 0 saturated carbocycles. The Labute approximate surface area is 80.2 Å². The molecule has 13 heavy (non-hydrogen) atoms. The van der Waals surface area contributed by atoms with Crippen LogP contribution in [-0.2, 0) is 13.0 Å². The van der Waals surface area contributed by atoms with E-state index in [9.17, 15) is 0 Å². The van der Waals surface area contributed by atoms with Gasteiger partial charge in [0, 0.05) is 13.0 Å². The lowest BCUT2D eigenvalue weighted by Gasteiger charge is -2.09. The van der Waals surface area contributed by atoms with Gasteiger partial charge in [0.2, 0.25) is 0 Å². The molecule has 0 N–H and O–H groups in total. The summed E-state index contributed by atoms with van der Waals surface area (Å²) in [6.45, 7) is 9.84. The first-order chi connectivity index (χ1) is 6.09. The van der Waals surface area contributed by atoms with E-state index in [1.165, 1.54) is 0 Å². The fourth-order valence-corrected chi connectivity index (χ4v) is 1.35. The average molecular weight is 181 g/mol. The number of aromatic nitrogens is 3. The molecule has 74 valence electrons. The fourth-order valence-electron chi connectivity index (χ4n) is 1.35. The number of hydrogen-bond acceptors (Lipinski definition) is 2. The van der Waals surface area contributed by atoms with Gasteiger partial charge >= 0.3 is 0 Å². The molecule has 1 aromatic rings. The van der Waals surface area contributed by atoms with Gasteiger partial charge in [-0.15, -0.1) is 10.2 Å². The van der Waals surface area contributed by atoms with Gasteiger partial charge in [-0.05, 0) is 11.8 Å². The fraction of sp³-hybridized carbons (Fsp3) is 0.800. The van der Waals surface area contributed by atoms with E-state index in [0.29, 0.717) is 11.8 Å². The summed E-state index contributed by atoms with van der Waals surface area (Å²) in [4.78, 5) is 0. The van der Waals surface area contributed by atoms with E-state index in [1.807, 2.05) is 6.33 Å². The minimum atomic E-state index is 0.648. The molecule has 0 saturated heterocycles. The van der Waals surface area contributed by atoms with E-state index >= 15 is 0 Å². The van der Waals surface area contributed by atoms with Gasteiger partial charge in [0.05, 0.1) is 0 Å². The first-order valence-corrected chi connectivity index (χ1v) is 4.96. The summed E-state index contributed by atoms with van der Waals surface area (Å²) in [5.74, 6) is 2.42. The summed E-state index contributed by atoms with van der Waals surface area (Å²) >= 11 is 0. The van der Waals surface area contributed by atoms with Crippen molar-refractivity contribution in [2.75, 3.05) is 0 Å². The molecule has 3 heteroatoms. The predicted octanol–water partition coefficient (Wildman–Crippen LogP) is 2.13. The third-order valence-corrected chi connectivity index (χ3v) is 1.85. The van der Waals surface area contributed by atoms with Crippen LogP contribution in [0.3, 0.4) is 0 Å². The van der Waals surface area contributed by atoms with Crippen molar-refractivity contribution in [3.8, 4) is 0 Å². The van der Waals surface area contributed by atoms with Gasteiger partial charge in [-0.3, -0.25) is 0 Å². The Kier molecular flexibility index (Phi) is 3.46. The van der Waals surface area contributed by atoms with Crippen molar-refractivity contribution in [3.63, 3.8) is 0 Å². The smallest absolute Gasteiger partial charge is 0.133 e. The molecule has 0 amide bonds. The summed E-state index contributed by atoms with van der Waals surface area (Å²) in [5, 5.41) is 8.06. The van der Waals surface area contributed by atoms with Crippen LogP contribution < -0.4 is 0 Å². The molecule has 1 rings (SSSR count). The van der Waals surface area contributed by atoms with E-state index in [2.05, 4.69) is 42.5 Å². The second-order valence-corrected chi connectivity index (χ2v) is 4.39.